The maximum atomic E-state index is 12.1. The summed E-state index contributed by atoms with van der Waals surface area (Å²) in [5, 5.41) is 0. The Kier molecular flexibility index (Phi) is 2.04. The molecule has 3 aliphatic rings. The number of carbonyl (C=O) groups is 2. The lowest BCUT2D eigenvalue weighted by molar-refractivity contribution is -0.119. The highest BCUT2D eigenvalue weighted by molar-refractivity contribution is 6.00. The Morgan fingerprint density at radius 3 is 2.82 bits per heavy atom. The second kappa shape index (κ2) is 3.09. The van der Waals surface area contributed by atoms with Crippen LogP contribution in [0.4, 0.5) is 0 Å². The topological polar surface area (TPSA) is 34.1 Å². The van der Waals surface area contributed by atoms with Crippen LogP contribution >= 0.6 is 0 Å². The van der Waals surface area contributed by atoms with Gasteiger partial charge in [-0.15, -0.1) is 0 Å². The molecule has 0 spiro atoms. The molecule has 17 heavy (non-hydrogen) atoms. The van der Waals surface area contributed by atoms with E-state index in [1.54, 1.807) is 0 Å². The number of ketones is 1. The van der Waals surface area contributed by atoms with E-state index in [2.05, 4.69) is 19.9 Å². The molecule has 2 fully saturated rings. The fraction of sp³-hybridized carbons (Fsp3) is 0.733. The molecule has 2 nitrogen and oxygen atoms in total. The molecule has 0 radical (unpaired) electrons. The summed E-state index contributed by atoms with van der Waals surface area (Å²) in [7, 11) is 0. The van der Waals surface area contributed by atoms with E-state index < -0.39 is 0 Å². The molecule has 0 aromatic rings. The summed E-state index contributed by atoms with van der Waals surface area (Å²) in [6.45, 7) is 4.66. The summed E-state index contributed by atoms with van der Waals surface area (Å²) in [6.07, 6.45) is 8.92. The van der Waals surface area contributed by atoms with Crippen LogP contribution in [0.15, 0.2) is 11.6 Å². The van der Waals surface area contributed by atoms with Crippen molar-refractivity contribution in [2.75, 3.05) is 0 Å². The Hall–Kier alpha value is -0.920. The minimum Gasteiger partial charge on any atom is -0.303 e. The zero-order valence-corrected chi connectivity index (χ0v) is 10.7. The summed E-state index contributed by atoms with van der Waals surface area (Å²) in [4.78, 5) is 22.7. The average Bonchev–Trinajstić information content (AvgIpc) is 2.88. The van der Waals surface area contributed by atoms with Gasteiger partial charge in [-0.05, 0) is 35.7 Å². The normalized spacial score (nSPS) is 42.2. The summed E-state index contributed by atoms with van der Waals surface area (Å²) in [5.41, 5.74) is 1.56. The number of allylic oxidation sites excluding steroid dienone is 2. The van der Waals surface area contributed by atoms with Crippen LogP contribution in [-0.4, -0.2) is 12.1 Å². The number of hydrogen-bond donors (Lipinski definition) is 0. The quantitative estimate of drug-likeness (QED) is 0.686. The number of Topliss-reactive ketones (excluding diaryl/α,β-unsaturated/α-hetero) is 1. The minimum absolute atomic E-state index is 0.225. The summed E-state index contributed by atoms with van der Waals surface area (Å²) >= 11 is 0. The Bertz CT molecular complexity index is 432. The van der Waals surface area contributed by atoms with Gasteiger partial charge in [-0.25, -0.2) is 0 Å². The van der Waals surface area contributed by atoms with Crippen LogP contribution in [0.2, 0.25) is 0 Å². The standard InChI is InChI=1S/C15H20O2/c1-13(2)5-3-6-14-9-12(17)11(4-7-16)8-15(13,14)10-14/h7-8H,3-6,9-10H2,1-2H3. The van der Waals surface area contributed by atoms with E-state index in [1.165, 1.54) is 25.7 Å². The van der Waals surface area contributed by atoms with Crippen molar-refractivity contribution in [1.82, 2.24) is 0 Å². The van der Waals surface area contributed by atoms with Crippen LogP contribution in [-0.2, 0) is 9.59 Å². The van der Waals surface area contributed by atoms with Crippen molar-refractivity contribution in [3.63, 3.8) is 0 Å². The molecule has 0 aliphatic heterocycles. The van der Waals surface area contributed by atoms with Crippen LogP contribution in [0.25, 0.3) is 0 Å². The first-order valence-corrected chi connectivity index (χ1v) is 6.65. The fourth-order valence-corrected chi connectivity index (χ4v) is 4.62. The number of rotatable bonds is 2. The Labute approximate surface area is 102 Å². The van der Waals surface area contributed by atoms with Gasteiger partial charge in [0.15, 0.2) is 5.78 Å². The van der Waals surface area contributed by atoms with Gasteiger partial charge < -0.3 is 4.79 Å². The molecular formula is C15H20O2. The molecule has 2 saturated carbocycles. The first kappa shape index (κ1) is 11.2. The first-order chi connectivity index (χ1) is 7.96. The molecule has 2 heteroatoms. The molecule has 0 aromatic carbocycles. The van der Waals surface area contributed by atoms with Crippen molar-refractivity contribution in [2.45, 2.75) is 52.4 Å². The second-order valence-corrected chi connectivity index (χ2v) is 6.81. The van der Waals surface area contributed by atoms with E-state index in [4.69, 9.17) is 0 Å². The Morgan fingerprint density at radius 2 is 2.12 bits per heavy atom. The van der Waals surface area contributed by atoms with Crippen LogP contribution in [0, 0.1) is 16.2 Å². The van der Waals surface area contributed by atoms with E-state index in [1.807, 2.05) is 0 Å². The van der Waals surface area contributed by atoms with Crippen molar-refractivity contribution in [2.24, 2.45) is 16.2 Å². The van der Waals surface area contributed by atoms with Crippen LogP contribution < -0.4 is 0 Å². The molecule has 0 bridgehead atoms. The first-order valence-electron chi connectivity index (χ1n) is 6.65. The Balaban J connectivity index is 2.05. The highest BCUT2D eigenvalue weighted by atomic mass is 16.1. The van der Waals surface area contributed by atoms with Gasteiger partial charge in [0, 0.05) is 18.3 Å². The van der Waals surface area contributed by atoms with Gasteiger partial charge in [-0.1, -0.05) is 26.3 Å². The van der Waals surface area contributed by atoms with Gasteiger partial charge in [-0.2, -0.15) is 0 Å². The number of carbonyl (C=O) groups excluding carboxylic acids is 2. The fourth-order valence-electron chi connectivity index (χ4n) is 4.62. The predicted octanol–water partition coefficient (Wildman–Crippen LogP) is 3.06. The monoisotopic (exact) mass is 232 g/mol. The zero-order chi connectivity index (χ0) is 12.3. The molecule has 0 heterocycles. The number of aldehydes is 1. The second-order valence-electron chi connectivity index (χ2n) is 6.81. The van der Waals surface area contributed by atoms with Gasteiger partial charge in [0.05, 0.1) is 0 Å². The van der Waals surface area contributed by atoms with E-state index in [-0.39, 0.29) is 16.6 Å². The van der Waals surface area contributed by atoms with Gasteiger partial charge in [-0.3, -0.25) is 4.79 Å². The third-order valence-corrected chi connectivity index (χ3v) is 5.68. The van der Waals surface area contributed by atoms with Crippen molar-refractivity contribution in [3.05, 3.63) is 11.6 Å². The highest BCUT2D eigenvalue weighted by Crippen LogP contribution is 2.81. The molecule has 3 aliphatic carbocycles. The van der Waals surface area contributed by atoms with Crippen LogP contribution in [0.3, 0.4) is 0 Å². The number of hydrogen-bond acceptors (Lipinski definition) is 2. The van der Waals surface area contributed by atoms with Gasteiger partial charge >= 0.3 is 0 Å². The third-order valence-electron chi connectivity index (χ3n) is 5.68. The average molecular weight is 232 g/mol. The third kappa shape index (κ3) is 1.22. The maximum Gasteiger partial charge on any atom is 0.159 e. The van der Waals surface area contributed by atoms with E-state index in [0.717, 1.165) is 11.9 Å². The van der Waals surface area contributed by atoms with Crippen molar-refractivity contribution in [1.29, 1.82) is 0 Å². The lowest BCUT2D eigenvalue weighted by Gasteiger charge is -2.44. The lowest BCUT2D eigenvalue weighted by Crippen LogP contribution is -2.38. The van der Waals surface area contributed by atoms with Crippen LogP contribution in [0.5, 0.6) is 0 Å². The highest BCUT2D eigenvalue weighted by Gasteiger charge is 2.74. The predicted molar refractivity (Wildman–Crippen MR) is 65.5 cm³/mol. The van der Waals surface area contributed by atoms with E-state index in [9.17, 15) is 9.59 Å². The molecule has 0 aromatic heterocycles. The summed E-state index contributed by atoms with van der Waals surface area (Å²) in [6, 6.07) is 0. The summed E-state index contributed by atoms with van der Waals surface area (Å²) in [5.74, 6) is 0.225. The van der Waals surface area contributed by atoms with Crippen molar-refractivity contribution in [3.8, 4) is 0 Å². The van der Waals surface area contributed by atoms with E-state index in [0.29, 0.717) is 18.3 Å². The van der Waals surface area contributed by atoms with Gasteiger partial charge in [0.2, 0.25) is 0 Å². The largest absolute Gasteiger partial charge is 0.303 e. The molecule has 0 amide bonds. The molecule has 2 unspecified atom stereocenters. The van der Waals surface area contributed by atoms with E-state index >= 15 is 0 Å². The van der Waals surface area contributed by atoms with Crippen molar-refractivity contribution >= 4 is 12.1 Å². The molecule has 0 saturated heterocycles. The van der Waals surface area contributed by atoms with Crippen molar-refractivity contribution < 1.29 is 9.59 Å². The molecule has 92 valence electrons. The molecule has 0 N–H and O–H groups in total. The smallest absolute Gasteiger partial charge is 0.159 e. The van der Waals surface area contributed by atoms with Gasteiger partial charge in [0.25, 0.3) is 0 Å². The van der Waals surface area contributed by atoms with Gasteiger partial charge in [0.1, 0.15) is 6.29 Å². The SMILES string of the molecule is CC1(C)CCCC23CC(=O)C(CC=O)=CC12C3. The molecular weight excluding hydrogens is 212 g/mol. The van der Waals surface area contributed by atoms with Crippen LogP contribution in [0.1, 0.15) is 52.4 Å². The maximum absolute atomic E-state index is 12.1. The lowest BCUT2D eigenvalue weighted by atomic mass is 9.59. The Morgan fingerprint density at radius 1 is 1.35 bits per heavy atom. The molecule has 2 atom stereocenters. The molecule has 3 rings (SSSR count). The summed E-state index contributed by atoms with van der Waals surface area (Å²) < 4.78 is 0. The zero-order valence-electron chi connectivity index (χ0n) is 10.7. The minimum atomic E-state index is 0.225.